The first kappa shape index (κ1) is 35.4. The average molecular weight is 759 g/mol. The van der Waals surface area contributed by atoms with E-state index in [2.05, 4.69) is 101 Å². The minimum absolute atomic E-state index is 0.317. The smallest absolute Gasteiger partial charge is 0.235 e. The van der Waals surface area contributed by atoms with E-state index in [1.807, 2.05) is 12.1 Å². The van der Waals surface area contributed by atoms with Crippen LogP contribution in [0.4, 0.5) is 11.4 Å². The molecule has 0 aliphatic heterocycles. The number of carbonyl (C=O) groups is 2. The van der Waals surface area contributed by atoms with Crippen LogP contribution in [0.5, 0.6) is 0 Å². The van der Waals surface area contributed by atoms with Crippen LogP contribution in [0.3, 0.4) is 0 Å². The molecule has 4 heterocycles. The van der Waals surface area contributed by atoms with Gasteiger partial charge >= 0.3 is 0 Å². The third-order valence-electron chi connectivity index (χ3n) is 7.96. The zero-order valence-electron chi connectivity index (χ0n) is 28.6. The lowest BCUT2D eigenvalue weighted by atomic mass is 9.96. The molecule has 6 rings (SSSR count). The zero-order valence-corrected chi connectivity index (χ0v) is 35.8. The number of nitroso groups, excluding NO2 is 1. The number of Topliss-reactive ketones (excluding diaryl/α,β-unsaturated/α-hetero) is 2. The second kappa shape index (κ2) is 11.9. The Hall–Kier alpha value is -1.89. The number of benzene rings is 1. The largest absolute Gasteiger partial charge is 0.291 e. The van der Waals surface area contributed by atoms with Gasteiger partial charge in [0.2, 0.25) is 11.6 Å². The van der Waals surface area contributed by atoms with Crippen LogP contribution in [0, 0.1) is 4.91 Å². The molecule has 0 amide bonds. The third kappa shape index (κ3) is 6.32. The summed E-state index contributed by atoms with van der Waals surface area (Å²) < 4.78 is 7.60. The number of thiophene rings is 4. The molecule has 1 aliphatic carbocycles. The van der Waals surface area contributed by atoms with Crippen LogP contribution in [0.25, 0.3) is 29.9 Å². The molecule has 5 aromatic rings. The van der Waals surface area contributed by atoms with Gasteiger partial charge in [-0.2, -0.15) is 0 Å². The molecule has 0 radical (unpaired) electrons. The van der Waals surface area contributed by atoms with Gasteiger partial charge in [0.25, 0.3) is 0 Å². The Kier molecular flexibility index (Phi) is 9.17. The minimum Gasteiger partial charge on any atom is -0.291 e. The Morgan fingerprint density at radius 3 is 1.26 bits per heavy atom. The fraction of sp³-hybridized carbons (Fsp3) is 0.375. The first-order valence-corrected chi connectivity index (χ1v) is 32.5. The molecule has 0 fully saturated rings. The highest BCUT2D eigenvalue weighted by Gasteiger charge is 2.37. The summed E-state index contributed by atoms with van der Waals surface area (Å²) in [7, 11) is -5.94. The topological polar surface area (TPSA) is 95.8 Å². The molecular weight excluding hydrogens is 717 g/mol. The summed E-state index contributed by atoms with van der Waals surface area (Å²) in [5.41, 5.74) is 4.28. The average Bonchev–Trinajstić information content (AvgIpc) is 3.72. The van der Waals surface area contributed by atoms with Crippen molar-refractivity contribution in [1.29, 1.82) is 0 Å². The van der Waals surface area contributed by atoms with E-state index in [-0.39, 0.29) is 11.6 Å². The first-order valence-electron chi connectivity index (χ1n) is 15.2. The van der Waals surface area contributed by atoms with E-state index in [9.17, 15) is 19.7 Å². The lowest BCUT2D eigenvalue weighted by molar-refractivity contribution is 0.0816. The molecule has 0 atom stereocenters. The number of anilines is 1. The molecule has 0 bridgehead atoms. The second-order valence-electron chi connectivity index (χ2n) is 16.0. The van der Waals surface area contributed by atoms with Gasteiger partial charge in [-0.3, -0.25) is 20.3 Å². The lowest BCUT2D eigenvalue weighted by Crippen LogP contribution is -2.35. The van der Waals surface area contributed by atoms with Crippen molar-refractivity contribution < 1.29 is 14.8 Å². The molecule has 14 heteroatoms. The van der Waals surface area contributed by atoms with Gasteiger partial charge in [-0.05, 0) is 47.4 Å². The van der Waals surface area contributed by atoms with Crippen LogP contribution >= 0.6 is 45.3 Å². The van der Waals surface area contributed by atoms with Gasteiger partial charge in [-0.25, -0.2) is 0 Å². The number of carbonyl (C=O) groups excluding carboxylic acids is 2. The quantitative estimate of drug-likeness (QED) is 0.0779. The molecule has 0 saturated carbocycles. The monoisotopic (exact) mass is 758 g/mol. The van der Waals surface area contributed by atoms with Gasteiger partial charge in [-0.1, -0.05) is 78.6 Å². The van der Waals surface area contributed by atoms with Crippen molar-refractivity contribution >= 4 is 139 Å². The molecule has 1 aromatic carbocycles. The van der Waals surface area contributed by atoms with Crippen LogP contribution in [0.1, 0.15) is 20.7 Å². The molecular formula is C32H42N2O4S4Si4. The highest BCUT2D eigenvalue weighted by molar-refractivity contribution is 7.38. The van der Waals surface area contributed by atoms with Gasteiger partial charge in [0.05, 0.1) is 57.1 Å². The summed E-state index contributed by atoms with van der Waals surface area (Å²) >= 11 is 7.04. The molecule has 46 heavy (non-hydrogen) atoms. The Balaban J connectivity index is 0.000000182. The number of hydrogen-bond donors (Lipinski definition) is 2. The molecule has 1 aliphatic rings. The predicted molar refractivity (Wildman–Crippen MR) is 216 cm³/mol. The van der Waals surface area contributed by atoms with Crippen molar-refractivity contribution in [2.45, 2.75) is 78.6 Å². The van der Waals surface area contributed by atoms with Crippen LogP contribution in [-0.4, -0.2) is 49.1 Å². The number of hydrogen-bond acceptors (Lipinski definition) is 10. The van der Waals surface area contributed by atoms with Gasteiger partial charge in [0.1, 0.15) is 5.69 Å². The van der Waals surface area contributed by atoms with Crippen molar-refractivity contribution in [3.8, 4) is 9.75 Å². The maximum atomic E-state index is 12.5. The maximum absolute atomic E-state index is 12.5. The summed E-state index contributed by atoms with van der Waals surface area (Å²) in [6.07, 6.45) is 0. The van der Waals surface area contributed by atoms with E-state index in [0.717, 1.165) is 29.9 Å². The minimum atomic E-state index is -1.49. The Morgan fingerprint density at radius 1 is 0.565 bits per heavy atom. The normalized spacial score (nSPS) is 13.9. The zero-order chi connectivity index (χ0) is 34.3. The van der Waals surface area contributed by atoms with Crippen molar-refractivity contribution in [3.05, 3.63) is 40.3 Å². The summed E-state index contributed by atoms with van der Waals surface area (Å²) in [4.78, 5) is 38.5. The third-order valence-corrected chi connectivity index (χ3v) is 27.1. The van der Waals surface area contributed by atoms with Crippen LogP contribution < -0.4 is 23.5 Å². The highest BCUT2D eigenvalue weighted by Crippen LogP contribution is 2.46. The fourth-order valence-electron chi connectivity index (χ4n) is 5.13. The van der Waals surface area contributed by atoms with E-state index < -0.39 is 32.3 Å². The Morgan fingerprint density at radius 2 is 0.913 bits per heavy atom. The van der Waals surface area contributed by atoms with Gasteiger partial charge in [0, 0.05) is 21.9 Å². The number of ketones is 2. The number of nitrogens with zero attached hydrogens (tertiary/aromatic N) is 1. The van der Waals surface area contributed by atoms with E-state index in [1.54, 1.807) is 45.3 Å². The van der Waals surface area contributed by atoms with Crippen molar-refractivity contribution in [3.63, 3.8) is 0 Å². The molecule has 0 spiro atoms. The first-order chi connectivity index (χ1) is 21.1. The van der Waals surface area contributed by atoms with Crippen molar-refractivity contribution in [1.82, 2.24) is 0 Å². The van der Waals surface area contributed by atoms with Gasteiger partial charge in [0.15, 0.2) is 0 Å². The molecule has 0 unspecified atom stereocenters. The summed E-state index contributed by atoms with van der Waals surface area (Å²) in [5, 5.41) is 14.7. The Labute approximate surface area is 290 Å². The van der Waals surface area contributed by atoms with Gasteiger partial charge < -0.3 is 0 Å². The lowest BCUT2D eigenvalue weighted by Gasteiger charge is -2.12. The van der Waals surface area contributed by atoms with E-state index in [1.165, 1.54) is 18.0 Å². The highest BCUT2D eigenvalue weighted by atomic mass is 32.1. The van der Waals surface area contributed by atoms with Gasteiger partial charge in [-0.15, -0.1) is 50.3 Å². The predicted octanol–water partition coefficient (Wildman–Crippen LogP) is 9.35. The standard InChI is InChI=1S/C16H22N2O2S2Si2.C16H20O2S2Si2/c1-23(2,3)11-7-9-13(17-19)14(18-20)10-8-12(24(4,5)6)22-16(10)15(9)21-11;1-21(2,3)11-7-9-13(17)14(18)10-8-12(22(4,5)6)20-16(10)15(9)19-11/h7-8,17,19H,1-6H3;7-8H,1-6H3. The van der Waals surface area contributed by atoms with E-state index >= 15 is 0 Å². The summed E-state index contributed by atoms with van der Waals surface area (Å²) in [5.74, 6) is -0.633. The second-order valence-corrected chi connectivity index (χ2v) is 41.8. The maximum Gasteiger partial charge on any atom is 0.235 e. The summed E-state index contributed by atoms with van der Waals surface area (Å²) in [6, 6.07) is 8.22. The van der Waals surface area contributed by atoms with Crippen LogP contribution in [0.2, 0.25) is 78.6 Å². The SMILES string of the molecule is C[Si](C)(C)c1cc2c(N=O)c(NO)c3cc([Si](C)(C)C)sc3c2s1.C[Si](C)(C)c1cc2c(s1)-c1sc([Si](C)(C)C)cc1C(=O)C2=O. The number of rotatable bonds is 6. The van der Waals surface area contributed by atoms with Crippen LogP contribution in [0.15, 0.2) is 29.4 Å². The molecule has 4 aromatic heterocycles. The molecule has 244 valence electrons. The molecule has 6 nitrogen and oxygen atoms in total. The van der Waals surface area contributed by atoms with Crippen molar-refractivity contribution in [2.75, 3.05) is 5.48 Å². The summed E-state index contributed by atoms with van der Waals surface area (Å²) in [6.45, 7) is 27.5. The van der Waals surface area contributed by atoms with Crippen LogP contribution in [-0.2, 0) is 0 Å². The van der Waals surface area contributed by atoms with Crippen molar-refractivity contribution in [2.24, 2.45) is 5.18 Å². The number of fused-ring (bicyclic) bond motifs is 6. The Bertz CT molecular complexity index is 1980. The fourth-order valence-corrected chi connectivity index (χ4v) is 17.5. The number of nitrogens with one attached hydrogen (secondary N) is 1. The molecule has 0 saturated heterocycles. The van der Waals surface area contributed by atoms with E-state index in [4.69, 9.17) is 0 Å². The van der Waals surface area contributed by atoms with E-state index in [0.29, 0.717) is 22.5 Å². The molecule has 2 N–H and O–H groups in total.